The quantitative estimate of drug-likeness (QED) is 0.789. The fourth-order valence-corrected chi connectivity index (χ4v) is 3.17. The van der Waals surface area contributed by atoms with Gasteiger partial charge in [-0.25, -0.2) is 9.78 Å². The van der Waals surface area contributed by atoms with Crippen LogP contribution in [0.3, 0.4) is 0 Å². The van der Waals surface area contributed by atoms with E-state index in [1.807, 2.05) is 4.90 Å². The van der Waals surface area contributed by atoms with Crippen LogP contribution >= 0.6 is 11.6 Å². The molecule has 1 aliphatic heterocycles. The van der Waals surface area contributed by atoms with Gasteiger partial charge >= 0.3 is 12.3 Å². The van der Waals surface area contributed by atoms with Crippen LogP contribution < -0.4 is 15.4 Å². The number of nitrogens with two attached hydrogens (primary N) is 1. The maximum absolute atomic E-state index is 12.7. The number of hydrogen-bond acceptors (Lipinski definition) is 5. The van der Waals surface area contributed by atoms with Crippen LogP contribution in [-0.2, 0) is 10.9 Å². The molecule has 0 unspecified atom stereocenters. The van der Waals surface area contributed by atoms with E-state index in [0.29, 0.717) is 31.7 Å². The molecule has 0 spiro atoms. The molecule has 28 heavy (non-hydrogen) atoms. The smallest absolute Gasteiger partial charge is 0.416 e. The minimum absolute atomic E-state index is 0.223. The summed E-state index contributed by atoms with van der Waals surface area (Å²) >= 11 is 6.40. The van der Waals surface area contributed by atoms with Gasteiger partial charge in [0.05, 0.1) is 5.56 Å². The second-order valence-corrected chi connectivity index (χ2v) is 6.57. The van der Waals surface area contributed by atoms with Gasteiger partial charge in [-0.3, -0.25) is 0 Å². The second-order valence-electron chi connectivity index (χ2n) is 6.19. The third kappa shape index (κ3) is 4.78. The molecule has 1 aliphatic rings. The predicted octanol–water partition coefficient (Wildman–Crippen LogP) is 4.61. The molecule has 0 saturated carbocycles. The topological polar surface area (TPSA) is 77.7 Å². The first-order valence-electron chi connectivity index (χ1n) is 8.44. The molecule has 2 N–H and O–H groups in total. The molecule has 6 nitrogen and oxygen atoms in total. The van der Waals surface area contributed by atoms with Gasteiger partial charge in [0.1, 0.15) is 16.9 Å². The van der Waals surface area contributed by atoms with E-state index in [9.17, 15) is 18.0 Å². The first kappa shape index (κ1) is 20.1. The van der Waals surface area contributed by atoms with Crippen LogP contribution in [0.5, 0.6) is 11.5 Å². The Hall–Kier alpha value is -2.68. The highest BCUT2D eigenvalue weighted by atomic mass is 35.5. The lowest BCUT2D eigenvalue weighted by molar-refractivity contribution is -0.137. The maximum Gasteiger partial charge on any atom is 0.416 e. The lowest BCUT2D eigenvalue weighted by Gasteiger charge is -2.32. The molecular weight excluding hydrogens is 399 g/mol. The highest BCUT2D eigenvalue weighted by Crippen LogP contribution is 2.37. The molecule has 0 aliphatic carbocycles. The Morgan fingerprint density at radius 3 is 2.39 bits per heavy atom. The monoisotopic (exact) mass is 415 g/mol. The third-order valence-corrected chi connectivity index (χ3v) is 4.62. The summed E-state index contributed by atoms with van der Waals surface area (Å²) < 4.78 is 48.6. The van der Waals surface area contributed by atoms with E-state index in [1.54, 1.807) is 0 Å². The number of alkyl halides is 3. The average Bonchev–Trinajstić information content (AvgIpc) is 2.63. The number of pyridine rings is 1. The summed E-state index contributed by atoms with van der Waals surface area (Å²) in [6.45, 7) is 1.10. The number of piperidine rings is 1. The summed E-state index contributed by atoms with van der Waals surface area (Å²) in [5, 5.41) is 0.247. The van der Waals surface area contributed by atoms with E-state index in [0.717, 1.165) is 12.1 Å². The fourth-order valence-electron chi connectivity index (χ4n) is 2.90. The number of amides is 1. The van der Waals surface area contributed by atoms with Gasteiger partial charge in [-0.15, -0.1) is 0 Å². The number of benzene rings is 1. The molecule has 0 atom stereocenters. The van der Waals surface area contributed by atoms with Gasteiger partial charge in [0, 0.05) is 38.2 Å². The Morgan fingerprint density at radius 1 is 1.18 bits per heavy atom. The minimum Gasteiger partial charge on any atom is -0.456 e. The summed E-state index contributed by atoms with van der Waals surface area (Å²) in [5.41, 5.74) is 4.27. The average molecular weight is 416 g/mol. The summed E-state index contributed by atoms with van der Waals surface area (Å²) in [4.78, 5) is 17.0. The van der Waals surface area contributed by atoms with Crippen molar-refractivity contribution in [3.8, 4) is 11.5 Å². The van der Waals surface area contributed by atoms with Crippen molar-refractivity contribution in [2.24, 2.45) is 5.73 Å². The van der Waals surface area contributed by atoms with Crippen LogP contribution in [0, 0.1) is 0 Å². The lowest BCUT2D eigenvalue weighted by atomic mass is 10.1. The minimum atomic E-state index is -4.41. The molecule has 0 bridgehead atoms. The zero-order valence-corrected chi connectivity index (χ0v) is 15.3. The number of nitrogens with zero attached hydrogens (tertiary/aromatic N) is 2. The Balaban J connectivity index is 1.71. The van der Waals surface area contributed by atoms with Crippen molar-refractivity contribution in [1.29, 1.82) is 0 Å². The molecular formula is C18H17ClF3N3O3. The Kier molecular flexibility index (Phi) is 5.83. The number of aromatic nitrogens is 1. The van der Waals surface area contributed by atoms with Gasteiger partial charge in [-0.05, 0) is 24.3 Å². The summed E-state index contributed by atoms with van der Waals surface area (Å²) in [7, 11) is 0. The van der Waals surface area contributed by atoms with Crippen LogP contribution in [-0.4, -0.2) is 30.3 Å². The summed E-state index contributed by atoms with van der Waals surface area (Å²) in [6, 6.07) is 5.87. The molecule has 1 amide bonds. The molecule has 2 heterocycles. The molecule has 2 aromatic rings. The molecule has 1 saturated heterocycles. The Morgan fingerprint density at radius 2 is 1.82 bits per heavy atom. The number of carbonyl (C=O) groups excluding carboxylic acids is 1. The molecule has 3 rings (SSSR count). The lowest BCUT2D eigenvalue weighted by Crippen LogP contribution is -2.39. The number of carbonyl (C=O) groups is 1. The van der Waals surface area contributed by atoms with Crippen LogP contribution in [0.4, 0.5) is 23.8 Å². The molecule has 1 aromatic carbocycles. The Bertz CT molecular complexity index is 838. The standard InChI is InChI=1S/C18H17ClF3N3O3/c19-15-14(27-12-3-1-11(2-4-12)18(20,21)22)5-8-24-16(15)25-9-6-13(7-10-25)28-17(23)26/h1-5,8,13H,6-7,9-10H2,(H2,23,26). The van der Waals surface area contributed by atoms with Gasteiger partial charge in [-0.2, -0.15) is 13.2 Å². The van der Waals surface area contributed by atoms with Crippen molar-refractivity contribution in [3.05, 3.63) is 47.1 Å². The third-order valence-electron chi connectivity index (χ3n) is 4.27. The SMILES string of the molecule is NC(=O)OC1CCN(c2nccc(Oc3ccc(C(F)(F)F)cc3)c2Cl)CC1. The second kappa shape index (κ2) is 8.14. The van der Waals surface area contributed by atoms with Crippen molar-refractivity contribution in [2.75, 3.05) is 18.0 Å². The number of primary amides is 1. The van der Waals surface area contributed by atoms with Crippen LogP contribution in [0.2, 0.25) is 5.02 Å². The van der Waals surface area contributed by atoms with Crippen molar-refractivity contribution >= 4 is 23.5 Å². The van der Waals surface area contributed by atoms with Crippen molar-refractivity contribution in [3.63, 3.8) is 0 Å². The van der Waals surface area contributed by atoms with Crippen LogP contribution in [0.25, 0.3) is 0 Å². The van der Waals surface area contributed by atoms with Crippen LogP contribution in [0.1, 0.15) is 18.4 Å². The van der Waals surface area contributed by atoms with Crippen molar-refractivity contribution < 1.29 is 27.4 Å². The van der Waals surface area contributed by atoms with Gasteiger partial charge in [0.2, 0.25) is 0 Å². The molecule has 10 heteroatoms. The highest BCUT2D eigenvalue weighted by Gasteiger charge is 2.30. The molecule has 0 radical (unpaired) electrons. The molecule has 150 valence electrons. The summed E-state index contributed by atoms with van der Waals surface area (Å²) in [6.07, 6.45) is -2.81. The number of rotatable bonds is 4. The predicted molar refractivity (Wildman–Crippen MR) is 96.7 cm³/mol. The van der Waals surface area contributed by atoms with Crippen LogP contribution in [0.15, 0.2) is 36.5 Å². The van der Waals surface area contributed by atoms with E-state index in [4.69, 9.17) is 26.8 Å². The number of ether oxygens (including phenoxy) is 2. The first-order valence-corrected chi connectivity index (χ1v) is 8.82. The van der Waals surface area contributed by atoms with E-state index in [2.05, 4.69) is 4.98 Å². The van der Waals surface area contributed by atoms with E-state index in [-0.39, 0.29) is 22.6 Å². The van der Waals surface area contributed by atoms with Crippen molar-refractivity contribution in [1.82, 2.24) is 4.98 Å². The Labute approximate surface area is 164 Å². The van der Waals surface area contributed by atoms with E-state index < -0.39 is 17.8 Å². The largest absolute Gasteiger partial charge is 0.456 e. The van der Waals surface area contributed by atoms with E-state index >= 15 is 0 Å². The number of anilines is 1. The van der Waals surface area contributed by atoms with Gasteiger partial charge in [0.25, 0.3) is 0 Å². The van der Waals surface area contributed by atoms with Gasteiger partial charge < -0.3 is 20.1 Å². The first-order chi connectivity index (χ1) is 13.2. The fraction of sp³-hybridized carbons (Fsp3) is 0.333. The zero-order valence-electron chi connectivity index (χ0n) is 14.6. The molecule has 1 aromatic heterocycles. The normalized spacial score (nSPS) is 15.4. The highest BCUT2D eigenvalue weighted by molar-refractivity contribution is 6.34. The number of hydrogen-bond donors (Lipinski definition) is 1. The van der Waals surface area contributed by atoms with Gasteiger partial charge in [0.15, 0.2) is 11.6 Å². The molecule has 1 fully saturated rings. The van der Waals surface area contributed by atoms with E-state index in [1.165, 1.54) is 24.4 Å². The summed E-state index contributed by atoms with van der Waals surface area (Å²) in [5.74, 6) is 0.992. The number of halogens is 4. The zero-order chi connectivity index (χ0) is 20.3. The van der Waals surface area contributed by atoms with Gasteiger partial charge in [-0.1, -0.05) is 11.6 Å². The van der Waals surface area contributed by atoms with Crippen molar-refractivity contribution in [2.45, 2.75) is 25.1 Å². The maximum atomic E-state index is 12.7.